The van der Waals surface area contributed by atoms with Gasteiger partial charge in [0.1, 0.15) is 18.5 Å². The van der Waals surface area contributed by atoms with Crippen molar-refractivity contribution in [1.29, 1.82) is 0 Å². The van der Waals surface area contributed by atoms with E-state index in [0.29, 0.717) is 26.2 Å². The molecule has 1 aliphatic heterocycles. The van der Waals surface area contributed by atoms with E-state index in [1.807, 2.05) is 0 Å². The van der Waals surface area contributed by atoms with Gasteiger partial charge in [-0.15, -0.1) is 0 Å². The lowest BCUT2D eigenvalue weighted by molar-refractivity contribution is -0.148. The van der Waals surface area contributed by atoms with Crippen molar-refractivity contribution in [3.63, 3.8) is 0 Å². The van der Waals surface area contributed by atoms with Crippen LogP contribution in [0.1, 0.15) is 18.1 Å². The third kappa shape index (κ3) is 5.07. The Bertz CT molecular complexity index is 1110. The number of thioether (sulfide) groups is 1. The lowest BCUT2D eigenvalue weighted by Gasteiger charge is -2.18. The number of amides is 2. The summed E-state index contributed by atoms with van der Waals surface area (Å²) in [5.41, 5.74) is 1.00. The van der Waals surface area contributed by atoms with Crippen LogP contribution in [0.3, 0.4) is 0 Å². The zero-order valence-corrected chi connectivity index (χ0v) is 20.4. The summed E-state index contributed by atoms with van der Waals surface area (Å²) in [6.45, 7) is 1.45. The summed E-state index contributed by atoms with van der Waals surface area (Å²) in [6.07, 6.45) is 1.54. The Morgan fingerprint density at radius 3 is 2.62 bits per heavy atom. The smallest absolute Gasteiger partial charge is 0.328 e. The summed E-state index contributed by atoms with van der Waals surface area (Å²) in [4.78, 5) is 37.8. The summed E-state index contributed by atoms with van der Waals surface area (Å²) in [5, 5.41) is -0.550. The van der Waals surface area contributed by atoms with Gasteiger partial charge in [-0.1, -0.05) is 18.2 Å². The molecule has 2 aromatic carbocycles. The standard InChI is InChI=1S/C22H19FINO6S/c1-12(21(27)30-3)25-20(26)18(32-22(25)28)10-13-8-16(24)19(17(9-13)29-2)31-11-14-6-4-5-7-15(14)23/h4-10,12H,11H2,1-3H3/b18-10+/t12-/m1/s1. The fraction of sp³-hybridized carbons (Fsp3) is 0.227. The van der Waals surface area contributed by atoms with E-state index in [4.69, 9.17) is 9.47 Å². The normalized spacial score (nSPS) is 15.8. The zero-order valence-electron chi connectivity index (χ0n) is 17.4. The minimum Gasteiger partial charge on any atom is -0.493 e. The van der Waals surface area contributed by atoms with Crippen LogP contribution in [0.4, 0.5) is 9.18 Å². The molecule has 1 aliphatic rings. The van der Waals surface area contributed by atoms with E-state index in [1.54, 1.807) is 36.4 Å². The Morgan fingerprint density at radius 2 is 1.97 bits per heavy atom. The number of hydrogen-bond donors (Lipinski definition) is 0. The Kier molecular flexibility index (Phi) is 7.77. The van der Waals surface area contributed by atoms with E-state index in [-0.39, 0.29) is 17.3 Å². The van der Waals surface area contributed by atoms with Crippen molar-refractivity contribution >= 4 is 57.5 Å². The van der Waals surface area contributed by atoms with Crippen LogP contribution >= 0.6 is 34.4 Å². The number of nitrogens with zero attached hydrogens (tertiary/aromatic N) is 1. The monoisotopic (exact) mass is 571 g/mol. The predicted octanol–water partition coefficient (Wildman–Crippen LogP) is 4.62. The van der Waals surface area contributed by atoms with Gasteiger partial charge in [0.25, 0.3) is 11.1 Å². The van der Waals surface area contributed by atoms with E-state index in [1.165, 1.54) is 27.2 Å². The maximum atomic E-state index is 13.9. The van der Waals surface area contributed by atoms with Gasteiger partial charge in [0.15, 0.2) is 11.5 Å². The summed E-state index contributed by atoms with van der Waals surface area (Å²) >= 11 is 2.79. The molecule has 0 aromatic heterocycles. The molecule has 3 rings (SSSR count). The van der Waals surface area contributed by atoms with Crippen LogP contribution in [0.15, 0.2) is 41.3 Å². The molecular weight excluding hydrogens is 552 g/mol. The lowest BCUT2D eigenvalue weighted by atomic mass is 10.1. The number of imide groups is 1. The Hall–Kier alpha value is -2.60. The maximum absolute atomic E-state index is 13.9. The molecule has 0 radical (unpaired) electrons. The number of esters is 1. The predicted molar refractivity (Wildman–Crippen MR) is 126 cm³/mol. The van der Waals surface area contributed by atoms with Gasteiger partial charge >= 0.3 is 5.97 Å². The molecule has 10 heteroatoms. The first-order valence-corrected chi connectivity index (χ1v) is 11.2. The molecule has 0 unspecified atom stereocenters. The maximum Gasteiger partial charge on any atom is 0.328 e. The molecule has 0 aliphatic carbocycles. The molecular formula is C22H19FINO6S. The van der Waals surface area contributed by atoms with Gasteiger partial charge in [0, 0.05) is 5.56 Å². The second kappa shape index (κ2) is 10.3. The lowest BCUT2D eigenvalue weighted by Crippen LogP contribution is -2.42. The third-order valence-corrected chi connectivity index (χ3v) is 6.32. The summed E-state index contributed by atoms with van der Waals surface area (Å²) in [6, 6.07) is 8.69. The molecule has 7 nitrogen and oxygen atoms in total. The van der Waals surface area contributed by atoms with E-state index >= 15 is 0 Å². The Morgan fingerprint density at radius 1 is 1.25 bits per heavy atom. The first-order chi connectivity index (χ1) is 15.3. The molecule has 168 valence electrons. The van der Waals surface area contributed by atoms with Gasteiger partial charge in [0.2, 0.25) is 0 Å². The number of carbonyl (C=O) groups excluding carboxylic acids is 3. The largest absolute Gasteiger partial charge is 0.493 e. The van der Waals surface area contributed by atoms with E-state index in [0.717, 1.165) is 16.7 Å². The number of halogens is 2. The van der Waals surface area contributed by atoms with Gasteiger partial charge in [-0.3, -0.25) is 14.5 Å². The highest BCUT2D eigenvalue weighted by Crippen LogP contribution is 2.38. The van der Waals surface area contributed by atoms with Crippen LogP contribution < -0.4 is 9.47 Å². The van der Waals surface area contributed by atoms with Crippen molar-refractivity contribution in [3.05, 3.63) is 61.8 Å². The van der Waals surface area contributed by atoms with Crippen molar-refractivity contribution in [1.82, 2.24) is 4.90 Å². The summed E-state index contributed by atoms with van der Waals surface area (Å²) in [7, 11) is 2.66. The highest BCUT2D eigenvalue weighted by atomic mass is 127. The molecule has 1 fully saturated rings. The average Bonchev–Trinajstić information content (AvgIpc) is 3.05. The van der Waals surface area contributed by atoms with Gasteiger partial charge in [-0.2, -0.15) is 0 Å². The number of hydrogen-bond acceptors (Lipinski definition) is 7. The quantitative estimate of drug-likeness (QED) is 0.273. The second-order valence-electron chi connectivity index (χ2n) is 6.67. The second-order valence-corrected chi connectivity index (χ2v) is 8.82. The first-order valence-electron chi connectivity index (χ1n) is 9.35. The average molecular weight is 571 g/mol. The molecule has 0 bridgehead atoms. The van der Waals surface area contributed by atoms with Crippen molar-refractivity contribution in [2.45, 2.75) is 19.6 Å². The van der Waals surface area contributed by atoms with Crippen molar-refractivity contribution < 1.29 is 33.0 Å². The molecule has 2 amide bonds. The fourth-order valence-corrected chi connectivity index (χ4v) is 4.66. The zero-order chi connectivity index (χ0) is 23.4. The number of carbonyl (C=O) groups is 3. The number of methoxy groups -OCH3 is 2. The minimum absolute atomic E-state index is 0.0166. The van der Waals surface area contributed by atoms with Crippen LogP contribution in [-0.2, 0) is 20.9 Å². The first kappa shape index (κ1) is 24.1. The molecule has 1 heterocycles. The summed E-state index contributed by atoms with van der Waals surface area (Å²) in [5.74, 6) is -0.801. The Labute approximate surface area is 202 Å². The van der Waals surface area contributed by atoms with Crippen LogP contribution in [0, 0.1) is 9.39 Å². The van der Waals surface area contributed by atoms with Gasteiger partial charge in [-0.25, -0.2) is 9.18 Å². The number of ether oxygens (including phenoxy) is 3. The molecule has 0 saturated carbocycles. The minimum atomic E-state index is -1.03. The third-order valence-electron chi connectivity index (χ3n) is 4.63. The van der Waals surface area contributed by atoms with Gasteiger partial charge < -0.3 is 14.2 Å². The van der Waals surface area contributed by atoms with Crippen LogP contribution in [0.2, 0.25) is 0 Å². The van der Waals surface area contributed by atoms with Gasteiger partial charge in [-0.05, 0) is 71.1 Å². The fourth-order valence-electron chi connectivity index (χ4n) is 2.97. The number of benzene rings is 2. The van der Waals surface area contributed by atoms with Crippen LogP contribution in [0.5, 0.6) is 11.5 Å². The molecule has 1 atom stereocenters. The molecule has 0 spiro atoms. The number of rotatable bonds is 7. The summed E-state index contributed by atoms with van der Waals surface area (Å²) < 4.78 is 30.4. The van der Waals surface area contributed by atoms with Crippen molar-refractivity contribution in [2.75, 3.05) is 14.2 Å². The topological polar surface area (TPSA) is 82.1 Å². The highest BCUT2D eigenvalue weighted by Gasteiger charge is 2.41. The van der Waals surface area contributed by atoms with Crippen molar-refractivity contribution in [3.8, 4) is 11.5 Å². The van der Waals surface area contributed by atoms with E-state index in [2.05, 4.69) is 27.3 Å². The van der Waals surface area contributed by atoms with Gasteiger partial charge in [0.05, 0.1) is 22.7 Å². The van der Waals surface area contributed by atoms with E-state index < -0.39 is 23.2 Å². The SMILES string of the molecule is COC(=O)[C@@H](C)N1C(=O)S/C(=C/c2cc(I)c(OCc3ccccc3F)c(OC)c2)C1=O. The molecule has 2 aromatic rings. The van der Waals surface area contributed by atoms with E-state index in [9.17, 15) is 18.8 Å². The molecule has 32 heavy (non-hydrogen) atoms. The Balaban J connectivity index is 1.85. The molecule has 1 saturated heterocycles. The highest BCUT2D eigenvalue weighted by molar-refractivity contribution is 14.1. The van der Waals surface area contributed by atoms with Crippen LogP contribution in [-0.4, -0.2) is 42.3 Å². The molecule has 0 N–H and O–H groups in total. The van der Waals surface area contributed by atoms with Crippen molar-refractivity contribution in [2.24, 2.45) is 0 Å². The van der Waals surface area contributed by atoms with Crippen LogP contribution in [0.25, 0.3) is 6.08 Å².